The van der Waals surface area contributed by atoms with E-state index in [1.807, 2.05) is 4.90 Å². The number of carbonyl (C=O) groups excluding carboxylic acids is 1. The van der Waals surface area contributed by atoms with Crippen LogP contribution < -0.4 is 4.74 Å². The molecule has 1 aromatic carbocycles. The van der Waals surface area contributed by atoms with Crippen LogP contribution in [0.15, 0.2) is 24.3 Å². The van der Waals surface area contributed by atoms with Crippen molar-refractivity contribution in [2.75, 3.05) is 26.2 Å². The second-order valence-corrected chi connectivity index (χ2v) is 6.56. The fourth-order valence-corrected chi connectivity index (χ4v) is 3.67. The van der Waals surface area contributed by atoms with Crippen LogP contribution in [-0.2, 0) is 0 Å². The van der Waals surface area contributed by atoms with E-state index in [0.29, 0.717) is 5.56 Å². The van der Waals surface area contributed by atoms with Crippen LogP contribution in [0.2, 0.25) is 0 Å². The van der Waals surface area contributed by atoms with Gasteiger partial charge in [-0.2, -0.15) is 8.78 Å². The first-order valence-corrected chi connectivity index (χ1v) is 8.71. The molecule has 2 aliphatic rings. The predicted octanol–water partition coefficient (Wildman–Crippen LogP) is 3.38. The summed E-state index contributed by atoms with van der Waals surface area (Å²) in [5.74, 6) is 0.0660. The molecule has 1 atom stereocenters. The van der Waals surface area contributed by atoms with Gasteiger partial charge in [0.2, 0.25) is 0 Å². The van der Waals surface area contributed by atoms with Gasteiger partial charge in [-0.15, -0.1) is 0 Å². The molecule has 0 bridgehead atoms. The summed E-state index contributed by atoms with van der Waals surface area (Å²) in [7, 11) is 0. The average Bonchev–Trinajstić information content (AvgIpc) is 3.08. The molecule has 0 aliphatic carbocycles. The molecule has 0 saturated carbocycles. The van der Waals surface area contributed by atoms with Gasteiger partial charge >= 0.3 is 6.61 Å². The number of hydrogen-bond acceptors (Lipinski definition) is 3. The highest BCUT2D eigenvalue weighted by molar-refractivity contribution is 5.94. The van der Waals surface area contributed by atoms with Crippen molar-refractivity contribution in [2.24, 2.45) is 0 Å². The van der Waals surface area contributed by atoms with E-state index in [-0.39, 0.29) is 17.7 Å². The number of likely N-dealkylation sites (tertiary alicyclic amines) is 2. The van der Waals surface area contributed by atoms with Crippen molar-refractivity contribution < 1.29 is 18.3 Å². The molecule has 0 aromatic heterocycles. The molecule has 2 heterocycles. The molecule has 0 spiro atoms. The normalized spacial score (nSPS) is 22.1. The number of piperidine rings is 1. The Labute approximate surface area is 141 Å². The van der Waals surface area contributed by atoms with Gasteiger partial charge in [0.25, 0.3) is 5.91 Å². The Morgan fingerprint density at radius 2 is 1.75 bits per heavy atom. The molecule has 24 heavy (non-hydrogen) atoms. The van der Waals surface area contributed by atoms with E-state index < -0.39 is 6.61 Å². The van der Waals surface area contributed by atoms with Crippen LogP contribution in [0.1, 0.15) is 42.5 Å². The highest BCUT2D eigenvalue weighted by Crippen LogP contribution is 2.23. The fourth-order valence-electron chi connectivity index (χ4n) is 3.67. The largest absolute Gasteiger partial charge is 0.435 e. The molecule has 1 amide bonds. The maximum Gasteiger partial charge on any atom is 0.387 e. The number of benzene rings is 1. The van der Waals surface area contributed by atoms with Gasteiger partial charge in [0.15, 0.2) is 0 Å². The van der Waals surface area contributed by atoms with E-state index in [9.17, 15) is 13.6 Å². The van der Waals surface area contributed by atoms with Gasteiger partial charge in [-0.3, -0.25) is 4.79 Å². The molecule has 2 aliphatic heterocycles. The Balaban J connectivity index is 1.66. The van der Waals surface area contributed by atoms with Crippen LogP contribution in [0.25, 0.3) is 0 Å². The van der Waals surface area contributed by atoms with Crippen molar-refractivity contribution in [1.82, 2.24) is 9.80 Å². The fraction of sp³-hybridized carbons (Fsp3) is 0.611. The average molecular weight is 338 g/mol. The summed E-state index contributed by atoms with van der Waals surface area (Å²) in [5.41, 5.74) is 0.532. The van der Waals surface area contributed by atoms with Crippen LogP contribution in [-0.4, -0.2) is 54.5 Å². The smallest absolute Gasteiger partial charge is 0.387 e. The number of hydrogen-bond donors (Lipinski definition) is 0. The van der Waals surface area contributed by atoms with Crippen molar-refractivity contribution in [2.45, 2.75) is 44.8 Å². The van der Waals surface area contributed by atoms with Crippen LogP contribution in [0.3, 0.4) is 0 Å². The van der Waals surface area contributed by atoms with E-state index in [4.69, 9.17) is 0 Å². The predicted molar refractivity (Wildman–Crippen MR) is 87.4 cm³/mol. The number of nitrogens with zero attached hydrogens (tertiary/aromatic N) is 2. The van der Waals surface area contributed by atoms with Crippen molar-refractivity contribution in [1.29, 1.82) is 0 Å². The van der Waals surface area contributed by atoms with Gasteiger partial charge < -0.3 is 14.5 Å². The van der Waals surface area contributed by atoms with Gasteiger partial charge in [0.05, 0.1) is 0 Å². The van der Waals surface area contributed by atoms with Gasteiger partial charge in [-0.05, 0) is 69.5 Å². The van der Waals surface area contributed by atoms with Crippen LogP contribution in [0, 0.1) is 0 Å². The third kappa shape index (κ3) is 4.23. The van der Waals surface area contributed by atoms with Gasteiger partial charge in [-0.1, -0.05) is 0 Å². The standard InChI is InChI=1S/C18H24F2N2O2/c19-18(20)24-16-8-6-14(7-9-16)17(23)22-12-2-1-5-15(22)13-21-10-3-4-11-21/h6-9,15,18H,1-5,10-13H2/t15-/m1/s1. The molecule has 3 rings (SSSR count). The van der Waals surface area contributed by atoms with Crippen molar-refractivity contribution in [3.8, 4) is 5.75 Å². The minimum atomic E-state index is -2.85. The van der Waals surface area contributed by atoms with Gasteiger partial charge in [-0.25, -0.2) is 0 Å². The molecule has 2 fully saturated rings. The van der Waals surface area contributed by atoms with Gasteiger partial charge in [0, 0.05) is 24.7 Å². The van der Waals surface area contributed by atoms with Crippen LogP contribution in [0.5, 0.6) is 5.75 Å². The Kier molecular flexibility index (Phi) is 5.66. The molecule has 0 unspecified atom stereocenters. The zero-order chi connectivity index (χ0) is 16.9. The molecule has 132 valence electrons. The molecular formula is C18H24F2N2O2. The summed E-state index contributed by atoms with van der Waals surface area (Å²) in [4.78, 5) is 17.2. The Morgan fingerprint density at radius 3 is 2.42 bits per heavy atom. The second kappa shape index (κ2) is 7.92. The Hall–Kier alpha value is -1.69. The lowest BCUT2D eigenvalue weighted by Crippen LogP contribution is -2.49. The first-order valence-electron chi connectivity index (χ1n) is 8.71. The number of halogens is 2. The summed E-state index contributed by atoms with van der Waals surface area (Å²) < 4.78 is 28.8. The van der Waals surface area contributed by atoms with E-state index in [0.717, 1.165) is 45.4 Å². The Bertz CT molecular complexity index is 544. The molecule has 0 radical (unpaired) electrons. The van der Waals surface area contributed by atoms with E-state index in [2.05, 4.69) is 9.64 Å². The summed E-state index contributed by atoms with van der Waals surface area (Å²) in [5, 5.41) is 0. The molecule has 0 N–H and O–H groups in total. The number of alkyl halides is 2. The summed E-state index contributed by atoms with van der Waals surface area (Å²) >= 11 is 0. The highest BCUT2D eigenvalue weighted by Gasteiger charge is 2.29. The first kappa shape index (κ1) is 17.1. The lowest BCUT2D eigenvalue weighted by atomic mass is 10.00. The number of carbonyl (C=O) groups is 1. The Morgan fingerprint density at radius 1 is 1.08 bits per heavy atom. The summed E-state index contributed by atoms with van der Waals surface area (Å²) in [6.07, 6.45) is 5.70. The number of rotatable bonds is 5. The van der Waals surface area contributed by atoms with Crippen molar-refractivity contribution in [3.63, 3.8) is 0 Å². The lowest BCUT2D eigenvalue weighted by molar-refractivity contribution is -0.0498. The molecule has 1 aromatic rings. The van der Waals surface area contributed by atoms with Gasteiger partial charge in [0.1, 0.15) is 5.75 Å². The summed E-state index contributed by atoms with van der Waals surface area (Å²) in [6, 6.07) is 6.25. The number of amides is 1. The van der Waals surface area contributed by atoms with Crippen molar-refractivity contribution >= 4 is 5.91 Å². The second-order valence-electron chi connectivity index (χ2n) is 6.56. The molecule has 2 saturated heterocycles. The SMILES string of the molecule is O=C(c1ccc(OC(F)F)cc1)N1CCCC[C@@H]1CN1CCCC1. The quantitative estimate of drug-likeness (QED) is 0.825. The monoisotopic (exact) mass is 338 g/mol. The van der Waals surface area contributed by atoms with Crippen molar-refractivity contribution in [3.05, 3.63) is 29.8 Å². The minimum Gasteiger partial charge on any atom is -0.435 e. The van der Waals surface area contributed by atoms with E-state index >= 15 is 0 Å². The third-order valence-electron chi connectivity index (χ3n) is 4.88. The maximum atomic E-state index is 12.8. The lowest BCUT2D eigenvalue weighted by Gasteiger charge is -2.38. The first-order chi connectivity index (χ1) is 11.6. The summed E-state index contributed by atoms with van der Waals surface area (Å²) in [6.45, 7) is 1.11. The maximum absolute atomic E-state index is 12.8. The molecule has 4 nitrogen and oxygen atoms in total. The van der Waals surface area contributed by atoms with Crippen LogP contribution >= 0.6 is 0 Å². The molecule has 6 heteroatoms. The van der Waals surface area contributed by atoms with E-state index in [1.54, 1.807) is 12.1 Å². The zero-order valence-corrected chi connectivity index (χ0v) is 13.8. The third-order valence-corrected chi connectivity index (χ3v) is 4.88. The highest BCUT2D eigenvalue weighted by atomic mass is 19.3. The topological polar surface area (TPSA) is 32.8 Å². The zero-order valence-electron chi connectivity index (χ0n) is 13.8. The molecular weight excluding hydrogens is 314 g/mol. The number of ether oxygens (including phenoxy) is 1. The van der Waals surface area contributed by atoms with E-state index in [1.165, 1.54) is 25.0 Å². The minimum absolute atomic E-state index is 0.0116. The van der Waals surface area contributed by atoms with Crippen LogP contribution in [0.4, 0.5) is 8.78 Å².